The molecule has 0 bridgehead atoms. The van der Waals surface area contributed by atoms with Gasteiger partial charge < -0.3 is 4.74 Å². The molecule has 142 valence electrons. The van der Waals surface area contributed by atoms with Crippen molar-refractivity contribution in [3.63, 3.8) is 0 Å². The monoisotopic (exact) mass is 402 g/mol. The van der Waals surface area contributed by atoms with E-state index in [1.165, 1.54) is 11.8 Å². The highest BCUT2D eigenvalue weighted by molar-refractivity contribution is 8.00. The van der Waals surface area contributed by atoms with E-state index >= 15 is 0 Å². The number of ether oxygens (including phenoxy) is 1. The van der Waals surface area contributed by atoms with E-state index in [4.69, 9.17) is 4.74 Å². The summed E-state index contributed by atoms with van der Waals surface area (Å²) < 4.78 is 5.80. The molecule has 1 atom stereocenters. The van der Waals surface area contributed by atoms with Crippen LogP contribution < -0.4 is 10.2 Å². The number of rotatable bonds is 7. The summed E-state index contributed by atoms with van der Waals surface area (Å²) in [7, 11) is 0. The van der Waals surface area contributed by atoms with Crippen molar-refractivity contribution < 1.29 is 9.53 Å². The van der Waals surface area contributed by atoms with Crippen LogP contribution >= 0.6 is 23.5 Å². The number of aromatic nitrogens is 2. The van der Waals surface area contributed by atoms with Gasteiger partial charge in [0.25, 0.3) is 5.91 Å². The zero-order valence-corrected chi connectivity index (χ0v) is 17.1. The van der Waals surface area contributed by atoms with Gasteiger partial charge in [-0.25, -0.2) is 15.4 Å². The smallest absolute Gasteiger partial charge is 0.253 e. The van der Waals surface area contributed by atoms with E-state index in [0.29, 0.717) is 11.3 Å². The molecule has 2 aromatic rings. The Morgan fingerprint density at radius 3 is 2.56 bits per heavy atom. The minimum absolute atomic E-state index is 0.193. The van der Waals surface area contributed by atoms with Crippen molar-refractivity contribution in [2.75, 3.05) is 11.5 Å². The Labute approximate surface area is 167 Å². The summed E-state index contributed by atoms with van der Waals surface area (Å²) in [6.07, 6.45) is 1.94. The van der Waals surface area contributed by atoms with Crippen LogP contribution in [-0.4, -0.2) is 44.9 Å². The van der Waals surface area contributed by atoms with Gasteiger partial charge in [0.1, 0.15) is 11.9 Å². The summed E-state index contributed by atoms with van der Waals surface area (Å²) in [5.74, 6) is 2.78. The Bertz CT molecular complexity index is 803. The quantitative estimate of drug-likeness (QED) is 0.332. The molecule has 6 nitrogen and oxygen atoms in total. The van der Waals surface area contributed by atoms with Crippen molar-refractivity contribution in [3.05, 3.63) is 47.3 Å². The fourth-order valence-electron chi connectivity index (χ4n) is 2.33. The van der Waals surface area contributed by atoms with E-state index in [1.54, 1.807) is 13.1 Å². The number of carbonyl (C=O) groups excluding carboxylic acids is 1. The second-order valence-electron chi connectivity index (χ2n) is 6.27. The van der Waals surface area contributed by atoms with Crippen molar-refractivity contribution in [2.45, 2.75) is 37.3 Å². The van der Waals surface area contributed by atoms with Gasteiger partial charge >= 0.3 is 0 Å². The topological polar surface area (TPSA) is 76.5 Å². The first-order valence-electron chi connectivity index (χ1n) is 8.66. The molecule has 2 heterocycles. The van der Waals surface area contributed by atoms with Gasteiger partial charge in [0.15, 0.2) is 5.16 Å². The molecule has 1 aliphatic heterocycles. The summed E-state index contributed by atoms with van der Waals surface area (Å²) in [5.41, 5.74) is 5.23. The molecule has 0 saturated carbocycles. The predicted molar refractivity (Wildman–Crippen MR) is 111 cm³/mol. The number of nitrogens with one attached hydrogen (secondary N) is 1. The second-order valence-corrected chi connectivity index (χ2v) is 8.66. The van der Waals surface area contributed by atoms with Crippen LogP contribution in [0.4, 0.5) is 0 Å². The second kappa shape index (κ2) is 9.23. The molecular weight excluding hydrogens is 380 g/mol. The lowest BCUT2D eigenvalue weighted by molar-refractivity contribution is -0.120. The molecule has 3 rings (SSSR count). The molecule has 0 unspecified atom stereocenters. The minimum atomic E-state index is -0.348. The van der Waals surface area contributed by atoms with Crippen molar-refractivity contribution in [2.24, 2.45) is 5.10 Å². The van der Waals surface area contributed by atoms with Crippen molar-refractivity contribution >= 4 is 35.6 Å². The van der Waals surface area contributed by atoms with E-state index in [2.05, 4.69) is 20.5 Å². The SMILES string of the molecule is Cc1cc(C)nc(S[C@H](C)C(=O)N/N=C\c2ccc(OC3CSC3)cc2)n1. The minimum Gasteiger partial charge on any atom is -0.489 e. The Kier molecular flexibility index (Phi) is 6.73. The Morgan fingerprint density at radius 2 is 1.96 bits per heavy atom. The average molecular weight is 403 g/mol. The molecule has 1 aliphatic rings. The molecule has 0 aliphatic carbocycles. The van der Waals surface area contributed by atoms with E-state index < -0.39 is 0 Å². The summed E-state index contributed by atoms with van der Waals surface area (Å²) in [6, 6.07) is 9.57. The van der Waals surface area contributed by atoms with E-state index in [-0.39, 0.29) is 11.2 Å². The summed E-state index contributed by atoms with van der Waals surface area (Å²) >= 11 is 3.20. The van der Waals surface area contributed by atoms with Crippen molar-refractivity contribution in [1.82, 2.24) is 15.4 Å². The van der Waals surface area contributed by atoms with Crippen LogP contribution in [0.25, 0.3) is 0 Å². The molecule has 1 fully saturated rings. The zero-order valence-electron chi connectivity index (χ0n) is 15.5. The number of hydrogen-bond donors (Lipinski definition) is 1. The van der Waals surface area contributed by atoms with Gasteiger partial charge in [-0.2, -0.15) is 16.9 Å². The highest BCUT2D eigenvalue weighted by Crippen LogP contribution is 2.24. The molecule has 1 N–H and O–H groups in total. The number of carbonyl (C=O) groups is 1. The third-order valence-electron chi connectivity index (χ3n) is 3.79. The first-order valence-corrected chi connectivity index (χ1v) is 10.7. The fraction of sp³-hybridized carbons (Fsp3) is 0.368. The lowest BCUT2D eigenvalue weighted by atomic mass is 10.2. The highest BCUT2D eigenvalue weighted by Gasteiger charge is 2.19. The maximum atomic E-state index is 12.2. The molecule has 1 saturated heterocycles. The molecule has 27 heavy (non-hydrogen) atoms. The third-order valence-corrected chi connectivity index (χ3v) is 5.97. The predicted octanol–water partition coefficient (Wildman–Crippen LogP) is 3.22. The molecule has 1 amide bonds. The van der Waals surface area contributed by atoms with Gasteiger partial charge in [-0.3, -0.25) is 4.79 Å². The largest absolute Gasteiger partial charge is 0.489 e. The standard InChI is InChI=1S/C19H22N4O2S2/c1-12-8-13(2)22-19(21-12)27-14(3)18(24)23-20-9-15-4-6-16(7-5-15)25-17-10-26-11-17/h4-9,14,17H,10-11H2,1-3H3,(H,23,24)/b20-9-/t14-/m1/s1. The van der Waals surface area contributed by atoms with Gasteiger partial charge in [0.2, 0.25) is 0 Å². The summed E-state index contributed by atoms with van der Waals surface area (Å²) in [6.45, 7) is 5.63. The Morgan fingerprint density at radius 1 is 1.30 bits per heavy atom. The number of benzene rings is 1. The number of hydrogen-bond acceptors (Lipinski definition) is 7. The normalized spacial score (nSPS) is 15.4. The fourth-order valence-corrected chi connectivity index (χ4v) is 3.76. The van der Waals surface area contributed by atoms with Crippen LogP contribution in [0.5, 0.6) is 5.75 Å². The molecule has 1 aromatic heterocycles. The number of nitrogens with zero attached hydrogens (tertiary/aromatic N) is 3. The van der Waals surface area contributed by atoms with Crippen LogP contribution in [0, 0.1) is 13.8 Å². The van der Waals surface area contributed by atoms with Crippen LogP contribution in [0.2, 0.25) is 0 Å². The number of amides is 1. The van der Waals surface area contributed by atoms with Gasteiger partial charge in [0.05, 0.1) is 11.5 Å². The maximum Gasteiger partial charge on any atom is 0.253 e. The van der Waals surface area contributed by atoms with Gasteiger partial charge in [0, 0.05) is 22.9 Å². The van der Waals surface area contributed by atoms with Crippen LogP contribution in [0.3, 0.4) is 0 Å². The number of aryl methyl sites for hydroxylation is 2. The lowest BCUT2D eigenvalue weighted by Crippen LogP contribution is -2.30. The average Bonchev–Trinajstić information content (AvgIpc) is 2.58. The zero-order chi connectivity index (χ0) is 19.2. The molecular formula is C19H22N4O2S2. The van der Waals surface area contributed by atoms with Crippen molar-refractivity contribution in [3.8, 4) is 5.75 Å². The van der Waals surface area contributed by atoms with Gasteiger partial charge in [-0.15, -0.1) is 0 Å². The first kappa shape index (κ1) is 19.7. The van der Waals surface area contributed by atoms with Crippen LogP contribution in [0.1, 0.15) is 23.9 Å². The Balaban J connectivity index is 1.48. The highest BCUT2D eigenvalue weighted by atomic mass is 32.2. The van der Waals surface area contributed by atoms with Crippen LogP contribution in [-0.2, 0) is 4.79 Å². The number of thioether (sulfide) groups is 2. The molecule has 8 heteroatoms. The molecule has 0 spiro atoms. The van der Waals surface area contributed by atoms with Gasteiger partial charge in [-0.05, 0) is 56.7 Å². The van der Waals surface area contributed by atoms with Gasteiger partial charge in [-0.1, -0.05) is 11.8 Å². The summed E-state index contributed by atoms with van der Waals surface area (Å²) in [5, 5.41) is 4.28. The van der Waals surface area contributed by atoms with Crippen LogP contribution in [0.15, 0.2) is 40.6 Å². The summed E-state index contributed by atoms with van der Waals surface area (Å²) in [4.78, 5) is 20.9. The Hall–Kier alpha value is -2.06. The van der Waals surface area contributed by atoms with E-state index in [9.17, 15) is 4.79 Å². The maximum absolute atomic E-state index is 12.2. The lowest BCUT2D eigenvalue weighted by Gasteiger charge is -2.25. The molecule has 1 aromatic carbocycles. The van der Waals surface area contributed by atoms with E-state index in [0.717, 1.165) is 34.2 Å². The molecule has 0 radical (unpaired) electrons. The number of hydrazone groups is 1. The first-order chi connectivity index (χ1) is 13.0. The van der Waals surface area contributed by atoms with E-state index in [1.807, 2.05) is 55.9 Å². The van der Waals surface area contributed by atoms with Crippen molar-refractivity contribution in [1.29, 1.82) is 0 Å². The third kappa shape index (κ3) is 5.97.